The predicted molar refractivity (Wildman–Crippen MR) is 66.2 cm³/mol. The fourth-order valence-corrected chi connectivity index (χ4v) is 1.61. The zero-order valence-electron chi connectivity index (χ0n) is 10.7. The molecule has 0 aliphatic rings. The summed E-state index contributed by atoms with van der Waals surface area (Å²) >= 11 is 0. The van der Waals surface area contributed by atoms with Crippen molar-refractivity contribution in [3.63, 3.8) is 0 Å². The van der Waals surface area contributed by atoms with E-state index in [2.05, 4.69) is 10.1 Å². The van der Waals surface area contributed by atoms with E-state index < -0.39 is 11.7 Å². The van der Waals surface area contributed by atoms with Crippen LogP contribution in [-0.4, -0.2) is 14.8 Å². The van der Waals surface area contributed by atoms with Gasteiger partial charge in [-0.15, -0.1) is 0 Å². The van der Waals surface area contributed by atoms with Gasteiger partial charge >= 0.3 is 6.18 Å². The normalized spacial score (nSPS) is 11.6. The minimum absolute atomic E-state index is 0.214. The quantitative estimate of drug-likeness (QED) is 0.938. The van der Waals surface area contributed by atoms with E-state index >= 15 is 0 Å². The van der Waals surface area contributed by atoms with Crippen LogP contribution in [0.5, 0.6) is 11.6 Å². The monoisotopic (exact) mass is 286 g/mol. The highest BCUT2D eigenvalue weighted by Gasteiger charge is 2.31. The molecule has 0 amide bonds. The van der Waals surface area contributed by atoms with Crippen LogP contribution in [0.3, 0.4) is 0 Å². The van der Waals surface area contributed by atoms with Crippen molar-refractivity contribution in [1.29, 1.82) is 0 Å². The first-order valence-corrected chi connectivity index (χ1v) is 5.93. The van der Waals surface area contributed by atoms with Crippen molar-refractivity contribution >= 4 is 5.82 Å². The average molecular weight is 286 g/mol. The second kappa shape index (κ2) is 5.40. The molecule has 0 saturated carbocycles. The maximum atomic E-state index is 12.6. The smallest absolute Gasteiger partial charge is 0.416 e. The summed E-state index contributed by atoms with van der Waals surface area (Å²) in [6.07, 6.45) is -0.618. The first-order valence-electron chi connectivity index (χ1n) is 5.93. The highest BCUT2D eigenvalue weighted by molar-refractivity contribution is 5.39. The summed E-state index contributed by atoms with van der Waals surface area (Å²) in [5, 5.41) is 4.01. The standard InChI is InChI=1S/C12H13F3N4O/c1-2-3-19-7-9(6-17-19)20-11-5-8(12(13,14)15)4-10(16)18-11/h4-7H,2-3H2,1H3,(H2,16,18). The molecule has 2 N–H and O–H groups in total. The van der Waals surface area contributed by atoms with Crippen LogP contribution in [0.25, 0.3) is 0 Å². The Kier molecular flexibility index (Phi) is 3.82. The van der Waals surface area contributed by atoms with E-state index in [-0.39, 0.29) is 11.7 Å². The van der Waals surface area contributed by atoms with Gasteiger partial charge in [-0.2, -0.15) is 23.3 Å². The molecule has 0 radical (unpaired) electrons. The van der Waals surface area contributed by atoms with Gasteiger partial charge in [0.2, 0.25) is 5.88 Å². The number of halogens is 3. The molecule has 0 saturated heterocycles. The highest BCUT2D eigenvalue weighted by Crippen LogP contribution is 2.33. The highest BCUT2D eigenvalue weighted by atomic mass is 19.4. The third-order valence-electron chi connectivity index (χ3n) is 2.43. The van der Waals surface area contributed by atoms with Gasteiger partial charge < -0.3 is 10.5 Å². The molecule has 0 aromatic carbocycles. The Balaban J connectivity index is 2.22. The molecule has 0 fully saturated rings. The second-order valence-electron chi connectivity index (χ2n) is 4.16. The van der Waals surface area contributed by atoms with E-state index in [1.165, 1.54) is 6.20 Å². The summed E-state index contributed by atoms with van der Waals surface area (Å²) in [7, 11) is 0. The van der Waals surface area contributed by atoms with Crippen LogP contribution in [0, 0.1) is 0 Å². The Bertz CT molecular complexity index is 595. The Morgan fingerprint density at radius 1 is 1.35 bits per heavy atom. The molecule has 2 rings (SSSR count). The van der Waals surface area contributed by atoms with Crippen molar-refractivity contribution in [2.75, 3.05) is 5.73 Å². The summed E-state index contributed by atoms with van der Waals surface area (Å²) in [5.41, 5.74) is 4.45. The molecular weight excluding hydrogens is 273 g/mol. The van der Waals surface area contributed by atoms with Gasteiger partial charge in [0.15, 0.2) is 5.75 Å². The van der Waals surface area contributed by atoms with Gasteiger partial charge in [-0.05, 0) is 12.5 Å². The minimum Gasteiger partial charge on any atom is -0.436 e. The van der Waals surface area contributed by atoms with Crippen molar-refractivity contribution in [2.24, 2.45) is 0 Å². The van der Waals surface area contributed by atoms with E-state index in [1.54, 1.807) is 10.9 Å². The Labute approximate surface area is 113 Å². The Hall–Kier alpha value is -2.25. The van der Waals surface area contributed by atoms with E-state index in [1.807, 2.05) is 6.92 Å². The number of hydrogen-bond acceptors (Lipinski definition) is 4. The third kappa shape index (κ3) is 3.40. The largest absolute Gasteiger partial charge is 0.436 e. The number of hydrogen-bond donors (Lipinski definition) is 1. The number of aryl methyl sites for hydroxylation is 1. The Morgan fingerprint density at radius 3 is 2.75 bits per heavy atom. The topological polar surface area (TPSA) is 66.0 Å². The number of ether oxygens (including phenoxy) is 1. The zero-order chi connectivity index (χ0) is 14.8. The number of nitrogens with two attached hydrogens (primary N) is 1. The van der Waals surface area contributed by atoms with Crippen LogP contribution in [0.1, 0.15) is 18.9 Å². The molecule has 108 valence electrons. The maximum Gasteiger partial charge on any atom is 0.416 e. The lowest BCUT2D eigenvalue weighted by molar-refractivity contribution is -0.137. The molecule has 0 spiro atoms. The molecule has 0 bridgehead atoms. The molecule has 0 aliphatic carbocycles. The fraction of sp³-hybridized carbons (Fsp3) is 0.333. The zero-order valence-corrected chi connectivity index (χ0v) is 10.7. The van der Waals surface area contributed by atoms with E-state index in [9.17, 15) is 13.2 Å². The second-order valence-corrected chi connectivity index (χ2v) is 4.16. The van der Waals surface area contributed by atoms with Gasteiger partial charge in [-0.3, -0.25) is 4.68 Å². The molecule has 2 heterocycles. The van der Waals surface area contributed by atoms with Gasteiger partial charge in [-0.1, -0.05) is 6.92 Å². The van der Waals surface area contributed by atoms with Crippen molar-refractivity contribution in [3.05, 3.63) is 30.1 Å². The van der Waals surface area contributed by atoms with E-state index in [0.29, 0.717) is 12.3 Å². The predicted octanol–water partition coefficient (Wildman–Crippen LogP) is 3.08. The molecule has 2 aromatic heterocycles. The first-order chi connectivity index (χ1) is 9.38. The molecule has 8 heteroatoms. The molecular formula is C12H13F3N4O. The molecule has 5 nitrogen and oxygen atoms in total. The molecule has 2 aromatic rings. The van der Waals surface area contributed by atoms with Gasteiger partial charge in [-0.25, -0.2) is 0 Å². The first kappa shape index (κ1) is 14.2. The number of anilines is 1. The van der Waals surface area contributed by atoms with E-state index in [0.717, 1.165) is 18.6 Å². The maximum absolute atomic E-state index is 12.6. The lowest BCUT2D eigenvalue weighted by Crippen LogP contribution is -2.07. The number of rotatable bonds is 4. The summed E-state index contributed by atoms with van der Waals surface area (Å²) in [6, 6.07) is 1.56. The van der Waals surface area contributed by atoms with Gasteiger partial charge in [0.05, 0.1) is 18.0 Å². The van der Waals surface area contributed by atoms with Gasteiger partial charge in [0.1, 0.15) is 5.82 Å². The van der Waals surface area contributed by atoms with Crippen molar-refractivity contribution < 1.29 is 17.9 Å². The molecule has 0 unspecified atom stereocenters. The average Bonchev–Trinajstić information content (AvgIpc) is 2.75. The van der Waals surface area contributed by atoms with Crippen molar-refractivity contribution in [2.45, 2.75) is 26.1 Å². The minimum atomic E-state index is -4.50. The van der Waals surface area contributed by atoms with Crippen LogP contribution in [0.4, 0.5) is 19.0 Å². The summed E-state index contributed by atoms with van der Waals surface area (Å²) in [5.74, 6) is -0.158. The van der Waals surface area contributed by atoms with Crippen LogP contribution >= 0.6 is 0 Å². The summed E-state index contributed by atoms with van der Waals surface area (Å²) in [4.78, 5) is 3.72. The van der Waals surface area contributed by atoms with Gasteiger partial charge in [0.25, 0.3) is 0 Å². The lowest BCUT2D eigenvalue weighted by Gasteiger charge is -2.09. The summed E-state index contributed by atoms with van der Waals surface area (Å²) in [6.45, 7) is 2.68. The third-order valence-corrected chi connectivity index (χ3v) is 2.43. The number of aromatic nitrogens is 3. The van der Waals surface area contributed by atoms with Gasteiger partial charge in [0, 0.05) is 12.6 Å². The van der Waals surface area contributed by atoms with Crippen LogP contribution in [0.2, 0.25) is 0 Å². The number of nitrogens with zero attached hydrogens (tertiary/aromatic N) is 3. The number of alkyl halides is 3. The summed E-state index contributed by atoms with van der Waals surface area (Å²) < 4.78 is 44.8. The van der Waals surface area contributed by atoms with Crippen LogP contribution < -0.4 is 10.5 Å². The Morgan fingerprint density at radius 2 is 2.10 bits per heavy atom. The number of nitrogen functional groups attached to an aromatic ring is 1. The molecule has 0 atom stereocenters. The van der Waals surface area contributed by atoms with Crippen LogP contribution in [0.15, 0.2) is 24.5 Å². The molecule has 20 heavy (non-hydrogen) atoms. The lowest BCUT2D eigenvalue weighted by atomic mass is 10.2. The van der Waals surface area contributed by atoms with Crippen molar-refractivity contribution in [1.82, 2.24) is 14.8 Å². The SMILES string of the molecule is CCCn1cc(Oc2cc(C(F)(F)F)cc(N)n2)cn1. The number of pyridine rings is 1. The fourth-order valence-electron chi connectivity index (χ4n) is 1.61. The van der Waals surface area contributed by atoms with E-state index in [4.69, 9.17) is 10.5 Å². The molecule has 0 aliphatic heterocycles. The van der Waals surface area contributed by atoms with Crippen molar-refractivity contribution in [3.8, 4) is 11.6 Å². The van der Waals surface area contributed by atoms with Crippen LogP contribution in [-0.2, 0) is 12.7 Å².